The molecule has 132 valence electrons. The van der Waals surface area contributed by atoms with Crippen LogP contribution >= 0.6 is 0 Å². The molecule has 0 bridgehead atoms. The number of aromatic nitrogens is 1. The topological polar surface area (TPSA) is 39.3 Å². The zero-order valence-electron chi connectivity index (χ0n) is 15.6. The van der Waals surface area contributed by atoms with E-state index in [1.807, 2.05) is 4.90 Å². The van der Waals surface area contributed by atoms with E-state index in [0.29, 0.717) is 6.04 Å². The number of hydrogen-bond donors (Lipinski definition) is 1. The number of likely N-dealkylation sites (N-methyl/N-ethyl adjacent to an activating group) is 1. The number of aryl methyl sites for hydroxylation is 1. The number of H-pyrrole nitrogens is 1. The fourth-order valence-electron chi connectivity index (χ4n) is 4.58. The molecule has 4 rings (SSSR count). The van der Waals surface area contributed by atoms with Crippen molar-refractivity contribution in [3.05, 3.63) is 41.1 Å². The number of hydrogen-bond acceptors (Lipinski definition) is 2. The molecule has 2 unspecified atom stereocenters. The first-order valence-corrected chi connectivity index (χ1v) is 9.35. The van der Waals surface area contributed by atoms with E-state index in [9.17, 15) is 4.79 Å². The lowest BCUT2D eigenvalue weighted by atomic mass is 9.79. The van der Waals surface area contributed by atoms with E-state index in [0.717, 1.165) is 26.1 Å². The number of nitrogens with one attached hydrogen (secondary N) is 1. The fraction of sp³-hybridized carbons (Fsp3) is 0.476. The highest BCUT2D eigenvalue weighted by molar-refractivity contribution is 6.00. The Morgan fingerprint density at radius 2 is 2.08 bits per heavy atom. The molecule has 0 fully saturated rings. The number of carbonyl (C=O) groups is 1. The molecular weight excluding hydrogens is 310 g/mol. The minimum atomic E-state index is -0.0482. The number of rotatable bonds is 3. The van der Waals surface area contributed by atoms with Gasteiger partial charge < -0.3 is 9.88 Å². The monoisotopic (exact) mass is 337 g/mol. The van der Waals surface area contributed by atoms with E-state index >= 15 is 0 Å². The molecule has 25 heavy (non-hydrogen) atoms. The van der Waals surface area contributed by atoms with Crippen molar-refractivity contribution in [2.24, 2.45) is 5.92 Å². The van der Waals surface area contributed by atoms with Gasteiger partial charge in [-0.3, -0.25) is 9.69 Å². The highest BCUT2D eigenvalue weighted by atomic mass is 16.2. The van der Waals surface area contributed by atoms with Crippen molar-refractivity contribution < 1.29 is 4.79 Å². The second-order valence-electron chi connectivity index (χ2n) is 7.39. The molecule has 2 atom stereocenters. The molecule has 0 saturated heterocycles. The first kappa shape index (κ1) is 16.4. The Balaban J connectivity index is 1.82. The van der Waals surface area contributed by atoms with Crippen molar-refractivity contribution in [1.29, 1.82) is 0 Å². The summed E-state index contributed by atoms with van der Waals surface area (Å²) in [7, 11) is 2.16. The third kappa shape index (κ3) is 2.43. The Bertz CT molecular complexity index is 859. The first-order chi connectivity index (χ1) is 12.0. The minimum Gasteiger partial charge on any atom is -0.361 e. The van der Waals surface area contributed by atoms with Gasteiger partial charge in [0.2, 0.25) is 5.91 Å². The van der Waals surface area contributed by atoms with Gasteiger partial charge in [0, 0.05) is 42.8 Å². The number of nitrogens with zero attached hydrogens (tertiary/aromatic N) is 2. The van der Waals surface area contributed by atoms with E-state index in [-0.39, 0.29) is 11.8 Å². The molecule has 4 nitrogen and oxygen atoms in total. The zero-order valence-corrected chi connectivity index (χ0v) is 15.6. The number of amides is 1. The van der Waals surface area contributed by atoms with Crippen LogP contribution in [-0.4, -0.2) is 53.4 Å². The van der Waals surface area contributed by atoms with Crippen LogP contribution in [0.4, 0.5) is 0 Å². The first-order valence-electron chi connectivity index (χ1n) is 9.35. The summed E-state index contributed by atoms with van der Waals surface area (Å²) in [6, 6.07) is 4.80. The van der Waals surface area contributed by atoms with Crippen LogP contribution < -0.4 is 0 Å². The predicted molar refractivity (Wildman–Crippen MR) is 103 cm³/mol. The molecule has 0 spiro atoms. The van der Waals surface area contributed by atoms with Gasteiger partial charge in [-0.15, -0.1) is 0 Å². The third-order valence-electron chi connectivity index (χ3n) is 6.00. The second-order valence-corrected chi connectivity index (χ2v) is 7.39. The molecule has 1 aromatic heterocycles. The summed E-state index contributed by atoms with van der Waals surface area (Å²) in [6.45, 7) is 8.62. The van der Waals surface area contributed by atoms with Crippen LogP contribution in [0.25, 0.3) is 16.5 Å². The van der Waals surface area contributed by atoms with Crippen LogP contribution in [0.2, 0.25) is 0 Å². The van der Waals surface area contributed by atoms with Crippen molar-refractivity contribution in [3.63, 3.8) is 0 Å². The molecule has 2 heterocycles. The summed E-state index contributed by atoms with van der Waals surface area (Å²) < 4.78 is 0. The summed E-state index contributed by atoms with van der Waals surface area (Å²) in [5.41, 5.74) is 6.56. The van der Waals surface area contributed by atoms with E-state index < -0.39 is 0 Å². The zero-order chi connectivity index (χ0) is 17.7. The van der Waals surface area contributed by atoms with Crippen molar-refractivity contribution in [3.8, 4) is 0 Å². The molecule has 1 aliphatic carbocycles. The Kier molecular flexibility index (Phi) is 3.95. The average Bonchev–Trinajstić information content (AvgIpc) is 3.04. The Labute approximate surface area is 149 Å². The summed E-state index contributed by atoms with van der Waals surface area (Å²) in [5, 5.41) is 1.35. The summed E-state index contributed by atoms with van der Waals surface area (Å²) in [4.78, 5) is 20.7. The van der Waals surface area contributed by atoms with Crippen molar-refractivity contribution in [2.45, 2.75) is 33.2 Å². The quantitative estimate of drug-likeness (QED) is 0.934. The molecular formula is C21H27N3O. The highest BCUT2D eigenvalue weighted by Crippen LogP contribution is 2.41. The Hall–Kier alpha value is -2.07. The normalized spacial score (nSPS) is 22.6. The minimum absolute atomic E-state index is 0.0482. The maximum absolute atomic E-state index is 12.9. The fourth-order valence-corrected chi connectivity index (χ4v) is 4.58. The van der Waals surface area contributed by atoms with Gasteiger partial charge in [-0.25, -0.2) is 0 Å². The number of benzene rings is 1. The summed E-state index contributed by atoms with van der Waals surface area (Å²) >= 11 is 0. The van der Waals surface area contributed by atoms with Crippen LogP contribution in [-0.2, 0) is 11.2 Å². The van der Waals surface area contributed by atoms with Crippen LogP contribution in [0.1, 0.15) is 30.5 Å². The molecule has 0 saturated carbocycles. The maximum Gasteiger partial charge on any atom is 0.230 e. The van der Waals surface area contributed by atoms with Gasteiger partial charge >= 0.3 is 0 Å². The lowest BCUT2D eigenvalue weighted by Gasteiger charge is -2.40. The summed E-state index contributed by atoms with van der Waals surface area (Å²) in [6.07, 6.45) is 5.44. The van der Waals surface area contributed by atoms with Crippen LogP contribution in [0, 0.1) is 12.8 Å². The van der Waals surface area contributed by atoms with Gasteiger partial charge in [-0.2, -0.15) is 0 Å². The largest absolute Gasteiger partial charge is 0.361 e. The predicted octanol–water partition coefficient (Wildman–Crippen LogP) is 3.21. The third-order valence-corrected chi connectivity index (χ3v) is 6.00. The molecule has 1 aromatic carbocycles. The van der Waals surface area contributed by atoms with E-state index in [2.05, 4.69) is 62.1 Å². The van der Waals surface area contributed by atoms with E-state index in [1.165, 1.54) is 33.2 Å². The van der Waals surface area contributed by atoms with E-state index in [4.69, 9.17) is 0 Å². The van der Waals surface area contributed by atoms with Gasteiger partial charge in [0.15, 0.2) is 0 Å². The lowest BCUT2D eigenvalue weighted by Crippen LogP contribution is -2.47. The highest BCUT2D eigenvalue weighted by Gasteiger charge is 2.36. The number of fused-ring (bicyclic) bond motifs is 2. The summed E-state index contributed by atoms with van der Waals surface area (Å²) in [5.74, 6) is 0.207. The van der Waals surface area contributed by atoms with Crippen LogP contribution in [0.15, 0.2) is 24.4 Å². The lowest BCUT2D eigenvalue weighted by molar-refractivity contribution is -0.134. The standard InChI is InChI=1S/C21H27N3O/c1-5-24(6-2)21(25)15-9-17-16-8-7-13(3)20-19(16)14(11-22-20)10-18(17)23(4)12-15/h7-9,11,15,18,22H,5-6,10,12H2,1-4H3. The SMILES string of the molecule is CCN(CC)C(=O)C1C=C2c3ccc(C)c4[nH]cc(c34)CC2N(C)C1. The average molecular weight is 337 g/mol. The second kappa shape index (κ2) is 6.03. The molecule has 1 aliphatic heterocycles. The molecule has 4 heteroatoms. The van der Waals surface area contributed by atoms with Crippen molar-refractivity contribution in [1.82, 2.24) is 14.8 Å². The van der Waals surface area contributed by atoms with Gasteiger partial charge in [-0.05, 0) is 56.5 Å². The van der Waals surface area contributed by atoms with Gasteiger partial charge in [0.05, 0.1) is 5.92 Å². The Morgan fingerprint density at radius 3 is 2.80 bits per heavy atom. The molecule has 1 N–H and O–H groups in total. The molecule has 1 amide bonds. The Morgan fingerprint density at radius 1 is 1.32 bits per heavy atom. The number of carbonyl (C=O) groups excluding carboxylic acids is 1. The smallest absolute Gasteiger partial charge is 0.230 e. The van der Waals surface area contributed by atoms with E-state index in [1.54, 1.807) is 0 Å². The van der Waals surface area contributed by atoms with Crippen molar-refractivity contribution in [2.75, 3.05) is 26.7 Å². The molecule has 2 aromatic rings. The van der Waals surface area contributed by atoms with Crippen molar-refractivity contribution >= 4 is 22.4 Å². The van der Waals surface area contributed by atoms with Gasteiger partial charge in [-0.1, -0.05) is 18.2 Å². The van der Waals surface area contributed by atoms with Crippen LogP contribution in [0.3, 0.4) is 0 Å². The number of aromatic amines is 1. The molecule has 0 radical (unpaired) electrons. The van der Waals surface area contributed by atoms with Gasteiger partial charge in [0.25, 0.3) is 0 Å². The maximum atomic E-state index is 12.9. The van der Waals surface area contributed by atoms with Crippen LogP contribution in [0.5, 0.6) is 0 Å². The van der Waals surface area contributed by atoms with Gasteiger partial charge in [0.1, 0.15) is 0 Å². The molecule has 2 aliphatic rings.